The molecule has 5 nitrogen and oxygen atoms in total. The van der Waals surface area contributed by atoms with E-state index in [2.05, 4.69) is 10.6 Å². The Balaban J connectivity index is 2.12. The number of anilines is 1. The Morgan fingerprint density at radius 2 is 2.14 bits per heavy atom. The number of amides is 2. The van der Waals surface area contributed by atoms with Crippen LogP contribution in [-0.4, -0.2) is 30.1 Å². The van der Waals surface area contributed by atoms with Crippen LogP contribution in [0.5, 0.6) is 0 Å². The van der Waals surface area contributed by atoms with Crippen molar-refractivity contribution >= 4 is 17.5 Å². The van der Waals surface area contributed by atoms with Crippen LogP contribution in [0.1, 0.15) is 42.6 Å². The minimum Gasteiger partial charge on any atom is -0.396 e. The summed E-state index contributed by atoms with van der Waals surface area (Å²) in [6.45, 7) is 4.22. The molecule has 1 aromatic rings. The van der Waals surface area contributed by atoms with Gasteiger partial charge in [-0.05, 0) is 36.0 Å². The van der Waals surface area contributed by atoms with Crippen LogP contribution in [0.4, 0.5) is 10.1 Å². The summed E-state index contributed by atoms with van der Waals surface area (Å²) in [5, 5.41) is 14.3. The van der Waals surface area contributed by atoms with Gasteiger partial charge >= 0.3 is 0 Å². The third-order valence-electron chi connectivity index (χ3n) is 3.85. The summed E-state index contributed by atoms with van der Waals surface area (Å²) in [6.07, 6.45) is 1.38. The third-order valence-corrected chi connectivity index (χ3v) is 3.85. The number of halogens is 1. The number of hydrogen-bond donors (Lipinski definition) is 3. The van der Waals surface area contributed by atoms with Crippen molar-refractivity contribution in [2.75, 3.05) is 18.5 Å². The number of benzene rings is 1. The molecule has 0 aromatic heterocycles. The Morgan fingerprint density at radius 3 is 2.82 bits per heavy atom. The quantitative estimate of drug-likeness (QED) is 0.777. The van der Waals surface area contributed by atoms with E-state index in [1.54, 1.807) is 0 Å². The highest BCUT2D eigenvalue weighted by Gasteiger charge is 2.23. The van der Waals surface area contributed by atoms with Crippen molar-refractivity contribution in [3.05, 3.63) is 29.1 Å². The number of fused-ring (bicyclic) bond motifs is 1. The van der Waals surface area contributed by atoms with Gasteiger partial charge < -0.3 is 15.7 Å². The fourth-order valence-corrected chi connectivity index (χ4v) is 2.38. The molecule has 6 heteroatoms. The number of hydrogen-bond acceptors (Lipinski definition) is 3. The Morgan fingerprint density at radius 1 is 1.41 bits per heavy atom. The van der Waals surface area contributed by atoms with Gasteiger partial charge in [0.05, 0.1) is 5.56 Å². The van der Waals surface area contributed by atoms with Gasteiger partial charge in [0.15, 0.2) is 0 Å². The second-order valence-electron chi connectivity index (χ2n) is 6.36. The van der Waals surface area contributed by atoms with Crippen molar-refractivity contribution < 1.29 is 19.1 Å². The molecule has 120 valence electrons. The van der Waals surface area contributed by atoms with Gasteiger partial charge in [0.1, 0.15) is 5.82 Å². The van der Waals surface area contributed by atoms with Crippen molar-refractivity contribution in [1.29, 1.82) is 0 Å². The predicted molar refractivity (Wildman–Crippen MR) is 81.2 cm³/mol. The average molecular weight is 308 g/mol. The van der Waals surface area contributed by atoms with E-state index < -0.39 is 11.7 Å². The molecule has 0 unspecified atom stereocenters. The van der Waals surface area contributed by atoms with Gasteiger partial charge in [0.25, 0.3) is 5.91 Å². The summed E-state index contributed by atoms with van der Waals surface area (Å²) in [6, 6.07) is 2.69. The molecule has 0 fully saturated rings. The van der Waals surface area contributed by atoms with Crippen LogP contribution in [0.15, 0.2) is 12.1 Å². The van der Waals surface area contributed by atoms with Crippen molar-refractivity contribution in [3.63, 3.8) is 0 Å². The molecule has 2 amide bonds. The second-order valence-corrected chi connectivity index (χ2v) is 6.36. The summed E-state index contributed by atoms with van der Waals surface area (Å²) in [5.41, 5.74) is 0.921. The van der Waals surface area contributed by atoms with Gasteiger partial charge in [-0.15, -0.1) is 0 Å². The standard InChI is InChI=1S/C16H21FN2O3/c1-16(2,5-6-20)9-18-15(22)11-7-10-3-4-14(21)19-13(10)8-12(11)17/h7-8,20H,3-6,9H2,1-2H3,(H,18,22)(H,19,21). The van der Waals surface area contributed by atoms with Crippen LogP contribution >= 0.6 is 0 Å². The van der Waals surface area contributed by atoms with Crippen molar-refractivity contribution in [3.8, 4) is 0 Å². The molecule has 22 heavy (non-hydrogen) atoms. The number of aryl methyl sites for hydroxylation is 1. The first-order valence-electron chi connectivity index (χ1n) is 7.34. The maximum absolute atomic E-state index is 14.1. The lowest BCUT2D eigenvalue weighted by molar-refractivity contribution is -0.116. The number of rotatable bonds is 5. The lowest BCUT2D eigenvalue weighted by Gasteiger charge is -2.24. The zero-order valence-corrected chi connectivity index (χ0v) is 12.8. The summed E-state index contributed by atoms with van der Waals surface area (Å²) >= 11 is 0. The second kappa shape index (κ2) is 6.44. The molecule has 0 radical (unpaired) electrons. The molecule has 0 spiro atoms. The normalized spacial score (nSPS) is 14.3. The van der Waals surface area contributed by atoms with E-state index in [0.717, 1.165) is 5.56 Å². The minimum atomic E-state index is -0.654. The Labute approximate surface area is 128 Å². The summed E-state index contributed by atoms with van der Waals surface area (Å²) < 4.78 is 14.1. The van der Waals surface area contributed by atoms with Gasteiger partial charge in [-0.2, -0.15) is 0 Å². The maximum atomic E-state index is 14.1. The highest BCUT2D eigenvalue weighted by molar-refractivity contribution is 5.98. The summed E-state index contributed by atoms with van der Waals surface area (Å²) in [4.78, 5) is 23.5. The largest absolute Gasteiger partial charge is 0.396 e. The first-order chi connectivity index (χ1) is 10.3. The molecular weight excluding hydrogens is 287 g/mol. The van der Waals surface area contributed by atoms with E-state index >= 15 is 0 Å². The van der Waals surface area contributed by atoms with Crippen LogP contribution < -0.4 is 10.6 Å². The van der Waals surface area contributed by atoms with Gasteiger partial charge in [-0.3, -0.25) is 9.59 Å². The molecule has 1 heterocycles. The predicted octanol–water partition coefficient (Wildman–Crippen LogP) is 1.85. The number of aliphatic hydroxyl groups is 1. The minimum absolute atomic E-state index is 0.0188. The molecular formula is C16H21FN2O3. The molecule has 1 aliphatic heterocycles. The lowest BCUT2D eigenvalue weighted by atomic mass is 9.89. The van der Waals surface area contributed by atoms with Crippen LogP contribution in [-0.2, 0) is 11.2 Å². The van der Waals surface area contributed by atoms with Crippen LogP contribution in [0, 0.1) is 11.2 Å². The SMILES string of the molecule is CC(C)(CCO)CNC(=O)c1cc2c(cc1F)NC(=O)CC2. The summed E-state index contributed by atoms with van der Waals surface area (Å²) in [7, 11) is 0. The van der Waals surface area contributed by atoms with E-state index in [9.17, 15) is 14.0 Å². The van der Waals surface area contributed by atoms with Crippen molar-refractivity contribution in [2.45, 2.75) is 33.1 Å². The molecule has 2 rings (SSSR count). The van der Waals surface area contributed by atoms with Gasteiger partial charge in [-0.1, -0.05) is 13.8 Å². The van der Waals surface area contributed by atoms with Gasteiger partial charge in [-0.25, -0.2) is 4.39 Å². The van der Waals surface area contributed by atoms with E-state index in [1.165, 1.54) is 12.1 Å². The smallest absolute Gasteiger partial charge is 0.254 e. The van der Waals surface area contributed by atoms with Crippen LogP contribution in [0.25, 0.3) is 0 Å². The fourth-order valence-electron chi connectivity index (χ4n) is 2.38. The molecule has 1 aliphatic rings. The average Bonchev–Trinajstić information content (AvgIpc) is 2.44. The third kappa shape index (κ3) is 3.82. The van der Waals surface area contributed by atoms with Gasteiger partial charge in [0.2, 0.25) is 5.91 Å². The maximum Gasteiger partial charge on any atom is 0.254 e. The van der Waals surface area contributed by atoms with Crippen LogP contribution in [0.2, 0.25) is 0 Å². The zero-order chi connectivity index (χ0) is 16.3. The van der Waals surface area contributed by atoms with Gasteiger partial charge in [0, 0.05) is 25.3 Å². The monoisotopic (exact) mass is 308 g/mol. The number of carbonyl (C=O) groups excluding carboxylic acids is 2. The molecule has 0 saturated heterocycles. The highest BCUT2D eigenvalue weighted by atomic mass is 19.1. The Hall–Kier alpha value is -1.95. The number of nitrogens with one attached hydrogen (secondary N) is 2. The molecule has 1 aromatic carbocycles. The Kier molecular flexibility index (Phi) is 4.81. The fraction of sp³-hybridized carbons (Fsp3) is 0.500. The molecule has 0 saturated carbocycles. The number of aliphatic hydroxyl groups excluding tert-OH is 1. The van der Waals surface area contributed by atoms with E-state index in [1.807, 2.05) is 13.8 Å². The topological polar surface area (TPSA) is 78.4 Å². The first-order valence-corrected chi connectivity index (χ1v) is 7.34. The van der Waals surface area contributed by atoms with Crippen LogP contribution in [0.3, 0.4) is 0 Å². The molecule has 0 aliphatic carbocycles. The lowest BCUT2D eigenvalue weighted by Crippen LogP contribution is -2.35. The zero-order valence-electron chi connectivity index (χ0n) is 12.8. The van der Waals surface area contributed by atoms with Crippen molar-refractivity contribution in [2.24, 2.45) is 5.41 Å². The highest BCUT2D eigenvalue weighted by Crippen LogP contribution is 2.26. The molecule has 0 atom stereocenters. The van der Waals surface area contributed by atoms with E-state index in [0.29, 0.717) is 31.5 Å². The van der Waals surface area contributed by atoms with E-state index in [-0.39, 0.29) is 23.5 Å². The Bertz CT molecular complexity index is 599. The first kappa shape index (κ1) is 16.4. The number of carbonyl (C=O) groups is 2. The summed E-state index contributed by atoms with van der Waals surface area (Å²) in [5.74, 6) is -1.28. The molecule has 0 bridgehead atoms. The molecule has 3 N–H and O–H groups in total. The van der Waals surface area contributed by atoms with E-state index in [4.69, 9.17) is 5.11 Å². The van der Waals surface area contributed by atoms with Crippen molar-refractivity contribution in [1.82, 2.24) is 5.32 Å².